The van der Waals surface area contributed by atoms with Crippen LogP contribution in [-0.4, -0.2) is 11.9 Å². The van der Waals surface area contributed by atoms with Gasteiger partial charge >= 0.3 is 11.9 Å². The second-order valence-corrected chi connectivity index (χ2v) is 5.30. The number of benzene rings is 2. The van der Waals surface area contributed by atoms with Gasteiger partial charge in [0.15, 0.2) is 0 Å². The first-order valence-corrected chi connectivity index (χ1v) is 7.33. The average molecular weight is 322 g/mol. The van der Waals surface area contributed by atoms with Crippen molar-refractivity contribution in [3.8, 4) is 22.6 Å². The molecule has 0 spiro atoms. The predicted octanol–water partition coefficient (Wildman–Crippen LogP) is 4.23. The van der Waals surface area contributed by atoms with Crippen LogP contribution in [0.25, 0.3) is 11.1 Å². The van der Waals surface area contributed by atoms with Crippen molar-refractivity contribution < 1.29 is 19.1 Å². The minimum atomic E-state index is -0.502. The Morgan fingerprint density at radius 2 is 1.62 bits per heavy atom. The van der Waals surface area contributed by atoms with Crippen LogP contribution in [0.15, 0.2) is 67.3 Å². The van der Waals surface area contributed by atoms with Gasteiger partial charge in [-0.3, -0.25) is 0 Å². The van der Waals surface area contributed by atoms with Gasteiger partial charge in [-0.05, 0) is 48.7 Å². The molecule has 0 atom stereocenters. The molecule has 0 aromatic heterocycles. The van der Waals surface area contributed by atoms with Gasteiger partial charge in [0.25, 0.3) is 0 Å². The van der Waals surface area contributed by atoms with Crippen LogP contribution in [0.5, 0.6) is 11.5 Å². The van der Waals surface area contributed by atoms with E-state index in [0.717, 1.165) is 22.8 Å². The van der Waals surface area contributed by atoms with Crippen molar-refractivity contribution in [2.75, 3.05) is 0 Å². The Kier molecular flexibility index (Phi) is 5.32. The number of carbonyl (C=O) groups is 2. The summed E-state index contributed by atoms with van der Waals surface area (Å²) in [6, 6.07) is 12.6. The molecule has 0 radical (unpaired) electrons. The largest absolute Gasteiger partial charge is 0.423 e. The third-order valence-electron chi connectivity index (χ3n) is 3.31. The normalized spacial score (nSPS) is 9.92. The van der Waals surface area contributed by atoms with Crippen LogP contribution in [0.1, 0.15) is 12.5 Å². The minimum absolute atomic E-state index is 0.339. The van der Waals surface area contributed by atoms with Gasteiger partial charge in [-0.25, -0.2) is 9.59 Å². The summed E-state index contributed by atoms with van der Waals surface area (Å²) in [6.45, 7) is 10.4. The summed E-state index contributed by atoms with van der Waals surface area (Å²) in [7, 11) is 0. The zero-order chi connectivity index (χ0) is 17.7. The highest BCUT2D eigenvalue weighted by atomic mass is 16.5. The third-order valence-corrected chi connectivity index (χ3v) is 3.31. The van der Waals surface area contributed by atoms with Crippen molar-refractivity contribution in [2.24, 2.45) is 0 Å². The Morgan fingerprint density at radius 1 is 1.00 bits per heavy atom. The predicted molar refractivity (Wildman–Crippen MR) is 92.9 cm³/mol. The van der Waals surface area contributed by atoms with E-state index in [1.54, 1.807) is 25.1 Å². The zero-order valence-electron chi connectivity index (χ0n) is 13.7. The maximum Gasteiger partial charge on any atom is 0.338 e. The van der Waals surface area contributed by atoms with Crippen LogP contribution in [-0.2, 0) is 9.59 Å². The molecule has 0 aliphatic rings. The van der Waals surface area contributed by atoms with Gasteiger partial charge in [-0.2, -0.15) is 0 Å². The molecule has 0 heterocycles. The molecule has 0 N–H and O–H groups in total. The fourth-order valence-electron chi connectivity index (χ4n) is 1.95. The molecule has 0 unspecified atom stereocenters. The summed E-state index contributed by atoms with van der Waals surface area (Å²) >= 11 is 0. The molecule has 0 saturated heterocycles. The summed E-state index contributed by atoms with van der Waals surface area (Å²) in [6.07, 6.45) is 1.12. The number of ether oxygens (including phenoxy) is 2. The Morgan fingerprint density at radius 3 is 2.21 bits per heavy atom. The topological polar surface area (TPSA) is 52.6 Å². The van der Waals surface area contributed by atoms with Crippen LogP contribution >= 0.6 is 0 Å². The second kappa shape index (κ2) is 7.42. The van der Waals surface area contributed by atoms with Gasteiger partial charge in [0, 0.05) is 11.6 Å². The van der Waals surface area contributed by atoms with Crippen LogP contribution in [0.4, 0.5) is 0 Å². The SMILES string of the molecule is C=CC(=O)Oc1cc(-c2ccc(OC(=O)C(=C)C)cc2)ccc1C. The molecule has 4 heteroatoms. The van der Waals surface area contributed by atoms with E-state index in [1.165, 1.54) is 0 Å². The van der Waals surface area contributed by atoms with E-state index in [0.29, 0.717) is 17.1 Å². The Labute approximate surface area is 141 Å². The average Bonchev–Trinajstić information content (AvgIpc) is 2.57. The van der Waals surface area contributed by atoms with E-state index >= 15 is 0 Å². The van der Waals surface area contributed by atoms with Crippen LogP contribution < -0.4 is 9.47 Å². The van der Waals surface area contributed by atoms with Crippen molar-refractivity contribution in [2.45, 2.75) is 13.8 Å². The quantitative estimate of drug-likeness (QED) is 0.469. The van der Waals surface area contributed by atoms with E-state index in [-0.39, 0.29) is 0 Å². The standard InChI is InChI=1S/C20H18O4/c1-5-19(21)24-18-12-16(7-6-14(18)4)15-8-10-17(11-9-15)23-20(22)13(2)3/h5-12H,1-2H2,3-4H3. The first-order valence-electron chi connectivity index (χ1n) is 7.33. The van der Waals surface area contributed by atoms with Crippen molar-refractivity contribution in [1.29, 1.82) is 0 Å². The zero-order valence-corrected chi connectivity index (χ0v) is 13.7. The number of hydrogen-bond acceptors (Lipinski definition) is 4. The summed E-state index contributed by atoms with van der Waals surface area (Å²) < 4.78 is 10.4. The maximum absolute atomic E-state index is 11.5. The number of hydrogen-bond donors (Lipinski definition) is 0. The van der Waals surface area contributed by atoms with Crippen molar-refractivity contribution in [3.05, 3.63) is 72.8 Å². The smallest absolute Gasteiger partial charge is 0.338 e. The molecule has 122 valence electrons. The summed E-state index contributed by atoms with van der Waals surface area (Å²) in [5.74, 6) is -0.0404. The fraction of sp³-hybridized carbons (Fsp3) is 0.100. The Balaban J connectivity index is 2.24. The molecule has 0 aliphatic carbocycles. The van der Waals surface area contributed by atoms with Gasteiger partial charge in [0.2, 0.25) is 0 Å². The first kappa shape index (κ1) is 17.2. The molecule has 2 aromatic carbocycles. The van der Waals surface area contributed by atoms with Crippen molar-refractivity contribution in [3.63, 3.8) is 0 Å². The summed E-state index contributed by atoms with van der Waals surface area (Å²) in [5, 5.41) is 0. The van der Waals surface area contributed by atoms with Crippen LogP contribution in [0.3, 0.4) is 0 Å². The lowest BCUT2D eigenvalue weighted by molar-refractivity contribution is -0.130. The lowest BCUT2D eigenvalue weighted by Gasteiger charge is -2.09. The number of esters is 2. The molecule has 0 fully saturated rings. The van der Waals surface area contributed by atoms with Gasteiger partial charge in [-0.1, -0.05) is 37.4 Å². The van der Waals surface area contributed by atoms with E-state index in [1.807, 2.05) is 31.2 Å². The maximum atomic E-state index is 11.5. The molecule has 0 bridgehead atoms. The fourth-order valence-corrected chi connectivity index (χ4v) is 1.95. The summed E-state index contributed by atoms with van der Waals surface area (Å²) in [4.78, 5) is 22.9. The van der Waals surface area contributed by atoms with Crippen molar-refractivity contribution in [1.82, 2.24) is 0 Å². The van der Waals surface area contributed by atoms with E-state index in [9.17, 15) is 9.59 Å². The summed E-state index contributed by atoms with van der Waals surface area (Å²) in [5.41, 5.74) is 2.97. The van der Waals surface area contributed by atoms with Gasteiger partial charge < -0.3 is 9.47 Å². The molecule has 0 saturated carbocycles. The number of rotatable bonds is 5. The van der Waals surface area contributed by atoms with E-state index < -0.39 is 11.9 Å². The van der Waals surface area contributed by atoms with Gasteiger partial charge in [0.05, 0.1) is 0 Å². The lowest BCUT2D eigenvalue weighted by atomic mass is 10.0. The molecule has 0 amide bonds. The molecule has 2 rings (SSSR count). The van der Waals surface area contributed by atoms with E-state index in [2.05, 4.69) is 13.2 Å². The Hall–Kier alpha value is -3.14. The van der Waals surface area contributed by atoms with Gasteiger partial charge in [-0.15, -0.1) is 0 Å². The highest BCUT2D eigenvalue weighted by Crippen LogP contribution is 2.28. The Bertz CT molecular complexity index is 801. The lowest BCUT2D eigenvalue weighted by Crippen LogP contribution is -2.07. The highest BCUT2D eigenvalue weighted by Gasteiger charge is 2.08. The molecular formula is C20H18O4. The van der Waals surface area contributed by atoms with Crippen molar-refractivity contribution >= 4 is 11.9 Å². The number of carbonyl (C=O) groups excluding carboxylic acids is 2. The molecule has 0 aliphatic heterocycles. The molecule has 2 aromatic rings. The van der Waals surface area contributed by atoms with Gasteiger partial charge in [0.1, 0.15) is 11.5 Å². The monoisotopic (exact) mass is 322 g/mol. The molecule has 24 heavy (non-hydrogen) atoms. The highest BCUT2D eigenvalue weighted by molar-refractivity contribution is 5.88. The second-order valence-electron chi connectivity index (χ2n) is 5.30. The van der Waals surface area contributed by atoms with Crippen LogP contribution in [0, 0.1) is 6.92 Å². The number of aryl methyl sites for hydroxylation is 1. The van der Waals surface area contributed by atoms with E-state index in [4.69, 9.17) is 9.47 Å². The van der Waals surface area contributed by atoms with Crippen LogP contribution in [0.2, 0.25) is 0 Å². The molecular weight excluding hydrogens is 304 g/mol. The molecule has 4 nitrogen and oxygen atoms in total. The minimum Gasteiger partial charge on any atom is -0.423 e. The third kappa shape index (κ3) is 4.20. The first-order chi connectivity index (χ1) is 11.4.